The standard InChI is InChI=1S/C20H21NO5/c1-13(20(23)24)18(14-6-3-2-4-7-14)21-19(22)15-8-9-16-17(12-15)26-11-5-10-25-16/h2-4,6-9,12-13,18H,5,10-11H2,1H3,(H,21,22)(H,23,24). The predicted octanol–water partition coefficient (Wildman–Crippen LogP) is 3.04. The second kappa shape index (κ2) is 7.91. The number of ether oxygens (including phenoxy) is 2. The van der Waals surface area contributed by atoms with Crippen LogP contribution in [0.2, 0.25) is 0 Å². The summed E-state index contributed by atoms with van der Waals surface area (Å²) in [5.74, 6) is -0.975. The van der Waals surface area contributed by atoms with E-state index in [4.69, 9.17) is 9.47 Å². The Hall–Kier alpha value is -3.02. The van der Waals surface area contributed by atoms with Crippen molar-refractivity contribution < 1.29 is 24.2 Å². The molecule has 6 heteroatoms. The molecule has 0 saturated heterocycles. The highest BCUT2D eigenvalue weighted by molar-refractivity contribution is 5.95. The van der Waals surface area contributed by atoms with Crippen LogP contribution in [0.4, 0.5) is 0 Å². The molecule has 0 radical (unpaired) electrons. The summed E-state index contributed by atoms with van der Waals surface area (Å²) in [6.07, 6.45) is 0.780. The number of carboxylic acids is 1. The van der Waals surface area contributed by atoms with Crippen LogP contribution in [0.15, 0.2) is 48.5 Å². The van der Waals surface area contributed by atoms with Gasteiger partial charge in [-0.25, -0.2) is 0 Å². The molecule has 26 heavy (non-hydrogen) atoms. The van der Waals surface area contributed by atoms with Crippen LogP contribution in [-0.4, -0.2) is 30.2 Å². The lowest BCUT2D eigenvalue weighted by Gasteiger charge is -2.23. The summed E-state index contributed by atoms with van der Waals surface area (Å²) in [5.41, 5.74) is 1.14. The number of carbonyl (C=O) groups excluding carboxylic acids is 1. The largest absolute Gasteiger partial charge is 0.490 e. The molecule has 1 aliphatic rings. The van der Waals surface area contributed by atoms with E-state index in [1.54, 1.807) is 37.3 Å². The number of hydrogen-bond acceptors (Lipinski definition) is 4. The zero-order valence-corrected chi connectivity index (χ0v) is 14.5. The number of rotatable bonds is 5. The molecule has 0 aromatic heterocycles. The van der Waals surface area contributed by atoms with Gasteiger partial charge in [0.05, 0.1) is 25.2 Å². The Balaban J connectivity index is 1.84. The predicted molar refractivity (Wildman–Crippen MR) is 95.5 cm³/mol. The second-order valence-electron chi connectivity index (χ2n) is 6.20. The molecule has 0 spiro atoms. The smallest absolute Gasteiger partial charge is 0.308 e. The molecule has 1 aliphatic heterocycles. The van der Waals surface area contributed by atoms with Gasteiger partial charge in [0.2, 0.25) is 0 Å². The highest BCUT2D eigenvalue weighted by atomic mass is 16.5. The minimum Gasteiger partial charge on any atom is -0.490 e. The lowest BCUT2D eigenvalue weighted by Crippen LogP contribution is -2.35. The third kappa shape index (κ3) is 3.96. The first-order valence-corrected chi connectivity index (χ1v) is 8.54. The van der Waals surface area contributed by atoms with Crippen molar-refractivity contribution in [1.82, 2.24) is 5.32 Å². The fourth-order valence-corrected chi connectivity index (χ4v) is 2.83. The highest BCUT2D eigenvalue weighted by Gasteiger charge is 2.27. The minimum absolute atomic E-state index is 0.359. The molecule has 2 N–H and O–H groups in total. The number of nitrogens with one attached hydrogen (secondary N) is 1. The van der Waals surface area contributed by atoms with E-state index < -0.39 is 17.9 Å². The van der Waals surface area contributed by atoms with E-state index in [2.05, 4.69) is 5.32 Å². The van der Waals surface area contributed by atoms with Crippen LogP contribution in [0.3, 0.4) is 0 Å². The van der Waals surface area contributed by atoms with Crippen LogP contribution in [0, 0.1) is 5.92 Å². The van der Waals surface area contributed by atoms with E-state index in [1.807, 2.05) is 18.2 Å². The Morgan fingerprint density at radius 2 is 1.73 bits per heavy atom. The summed E-state index contributed by atoms with van der Waals surface area (Å²) in [7, 11) is 0. The van der Waals surface area contributed by atoms with Gasteiger partial charge in [-0.15, -0.1) is 0 Å². The Morgan fingerprint density at radius 1 is 1.04 bits per heavy atom. The molecule has 2 aromatic carbocycles. The zero-order valence-electron chi connectivity index (χ0n) is 14.5. The van der Waals surface area contributed by atoms with Crippen LogP contribution in [0.1, 0.15) is 35.3 Å². The van der Waals surface area contributed by atoms with E-state index in [9.17, 15) is 14.7 Å². The average molecular weight is 355 g/mol. The van der Waals surface area contributed by atoms with Gasteiger partial charge >= 0.3 is 5.97 Å². The van der Waals surface area contributed by atoms with Crippen molar-refractivity contribution in [3.8, 4) is 11.5 Å². The highest BCUT2D eigenvalue weighted by Crippen LogP contribution is 2.31. The molecule has 0 aliphatic carbocycles. The summed E-state index contributed by atoms with van der Waals surface area (Å²) in [6.45, 7) is 2.68. The number of hydrogen-bond donors (Lipinski definition) is 2. The molecule has 6 nitrogen and oxygen atoms in total. The van der Waals surface area contributed by atoms with Crippen molar-refractivity contribution in [2.75, 3.05) is 13.2 Å². The topological polar surface area (TPSA) is 84.9 Å². The second-order valence-corrected chi connectivity index (χ2v) is 6.20. The monoisotopic (exact) mass is 355 g/mol. The van der Waals surface area contributed by atoms with Gasteiger partial charge in [0.15, 0.2) is 11.5 Å². The zero-order chi connectivity index (χ0) is 18.5. The van der Waals surface area contributed by atoms with Gasteiger partial charge in [0.25, 0.3) is 5.91 Å². The SMILES string of the molecule is CC(C(=O)O)C(NC(=O)c1ccc2c(c1)OCCCO2)c1ccccc1. The van der Waals surface area contributed by atoms with Gasteiger partial charge in [-0.3, -0.25) is 9.59 Å². The molecule has 3 rings (SSSR count). The lowest BCUT2D eigenvalue weighted by atomic mass is 9.94. The van der Waals surface area contributed by atoms with Crippen LogP contribution in [0.5, 0.6) is 11.5 Å². The van der Waals surface area contributed by atoms with Crippen molar-refractivity contribution in [2.24, 2.45) is 5.92 Å². The molecule has 1 heterocycles. The molecule has 0 fully saturated rings. The Bertz CT molecular complexity index is 790. The Labute approximate surface area is 151 Å². The van der Waals surface area contributed by atoms with Gasteiger partial charge in [-0.2, -0.15) is 0 Å². The number of carbonyl (C=O) groups is 2. The van der Waals surface area contributed by atoms with Gasteiger partial charge in [-0.05, 0) is 30.7 Å². The number of carboxylic acid groups (broad SMARTS) is 1. The lowest BCUT2D eigenvalue weighted by molar-refractivity contribution is -0.142. The molecule has 1 amide bonds. The minimum atomic E-state index is -0.974. The Kier molecular flexibility index (Phi) is 5.41. The first kappa shape index (κ1) is 17.8. The summed E-state index contributed by atoms with van der Waals surface area (Å²) in [6, 6.07) is 13.4. The van der Waals surface area contributed by atoms with Crippen LogP contribution < -0.4 is 14.8 Å². The van der Waals surface area contributed by atoms with Crippen molar-refractivity contribution >= 4 is 11.9 Å². The van der Waals surface area contributed by atoms with E-state index in [0.717, 1.165) is 12.0 Å². The summed E-state index contributed by atoms with van der Waals surface area (Å²) < 4.78 is 11.2. The van der Waals surface area contributed by atoms with Gasteiger partial charge < -0.3 is 19.9 Å². The first-order chi connectivity index (χ1) is 12.6. The number of benzene rings is 2. The maximum atomic E-state index is 12.7. The van der Waals surface area contributed by atoms with Crippen molar-refractivity contribution in [3.63, 3.8) is 0 Å². The molecule has 136 valence electrons. The Morgan fingerprint density at radius 3 is 2.42 bits per heavy atom. The third-order valence-electron chi connectivity index (χ3n) is 4.34. The molecule has 2 aromatic rings. The van der Waals surface area contributed by atoms with Crippen LogP contribution in [0.25, 0.3) is 0 Å². The third-order valence-corrected chi connectivity index (χ3v) is 4.34. The normalized spacial score (nSPS) is 15.4. The summed E-state index contributed by atoms with van der Waals surface area (Å²) in [5, 5.41) is 12.2. The molecule has 2 unspecified atom stereocenters. The maximum Gasteiger partial charge on any atom is 0.308 e. The fourth-order valence-electron chi connectivity index (χ4n) is 2.83. The quantitative estimate of drug-likeness (QED) is 0.861. The number of amides is 1. The maximum absolute atomic E-state index is 12.7. The fraction of sp³-hybridized carbons (Fsp3) is 0.300. The van der Waals surface area contributed by atoms with E-state index in [0.29, 0.717) is 30.3 Å². The van der Waals surface area contributed by atoms with E-state index in [1.165, 1.54) is 0 Å². The van der Waals surface area contributed by atoms with E-state index >= 15 is 0 Å². The van der Waals surface area contributed by atoms with E-state index in [-0.39, 0.29) is 5.91 Å². The van der Waals surface area contributed by atoms with Crippen molar-refractivity contribution in [1.29, 1.82) is 0 Å². The van der Waals surface area contributed by atoms with Crippen molar-refractivity contribution in [2.45, 2.75) is 19.4 Å². The molecular weight excluding hydrogens is 334 g/mol. The average Bonchev–Trinajstić information content (AvgIpc) is 2.90. The molecule has 2 atom stereocenters. The van der Waals surface area contributed by atoms with Gasteiger partial charge in [-0.1, -0.05) is 30.3 Å². The molecule has 0 saturated carbocycles. The first-order valence-electron chi connectivity index (χ1n) is 8.54. The summed E-state index contributed by atoms with van der Waals surface area (Å²) in [4.78, 5) is 24.2. The molecular formula is C20H21NO5. The van der Waals surface area contributed by atoms with Crippen molar-refractivity contribution in [3.05, 3.63) is 59.7 Å². The number of aliphatic carboxylic acids is 1. The molecule has 0 bridgehead atoms. The number of fused-ring (bicyclic) bond motifs is 1. The summed E-state index contributed by atoms with van der Waals surface area (Å²) >= 11 is 0. The van der Waals surface area contributed by atoms with Gasteiger partial charge in [0, 0.05) is 12.0 Å². The van der Waals surface area contributed by atoms with Crippen LogP contribution >= 0.6 is 0 Å². The van der Waals surface area contributed by atoms with Crippen LogP contribution in [-0.2, 0) is 4.79 Å². The van der Waals surface area contributed by atoms with Gasteiger partial charge in [0.1, 0.15) is 0 Å².